The molecular weight excluding hydrogens is 262 g/mol. The molecule has 0 amide bonds. The molecule has 1 unspecified atom stereocenters. The molecule has 0 spiro atoms. The average Bonchev–Trinajstić information content (AvgIpc) is 2.71. The summed E-state index contributed by atoms with van der Waals surface area (Å²) >= 11 is 1.28. The summed E-state index contributed by atoms with van der Waals surface area (Å²) < 4.78 is 2.10. The Morgan fingerprint density at radius 3 is 2.74 bits per heavy atom. The van der Waals surface area contributed by atoms with Gasteiger partial charge in [-0.1, -0.05) is 25.6 Å². The smallest absolute Gasteiger partial charge is 0.313 e. The summed E-state index contributed by atoms with van der Waals surface area (Å²) in [6.45, 7) is 5.32. The van der Waals surface area contributed by atoms with E-state index in [0.29, 0.717) is 12.0 Å². The Morgan fingerprint density at radius 2 is 2.21 bits per heavy atom. The van der Waals surface area contributed by atoms with Crippen molar-refractivity contribution in [3.05, 3.63) is 12.4 Å². The van der Waals surface area contributed by atoms with Gasteiger partial charge in [0.15, 0.2) is 5.16 Å². The topological polar surface area (TPSA) is 58.4 Å². The van der Waals surface area contributed by atoms with Gasteiger partial charge in [-0.3, -0.25) is 4.79 Å². The first-order valence-corrected chi connectivity index (χ1v) is 7.40. The molecule has 0 aliphatic rings. The summed E-state index contributed by atoms with van der Waals surface area (Å²) in [7, 11) is 4.10. The van der Waals surface area contributed by atoms with Crippen LogP contribution in [0, 0.1) is 5.92 Å². The molecule has 0 radical (unpaired) electrons. The van der Waals surface area contributed by atoms with Crippen LogP contribution in [0.1, 0.15) is 26.3 Å². The normalized spacial score (nSPS) is 13.2. The molecule has 0 bridgehead atoms. The first-order chi connectivity index (χ1) is 8.90. The lowest BCUT2D eigenvalue weighted by Gasteiger charge is -2.25. The van der Waals surface area contributed by atoms with Crippen LogP contribution in [0.3, 0.4) is 0 Å². The zero-order valence-electron chi connectivity index (χ0n) is 12.0. The number of hydrogen-bond acceptors (Lipinski definition) is 4. The number of rotatable bonds is 8. The first-order valence-electron chi connectivity index (χ1n) is 6.42. The second kappa shape index (κ2) is 7.55. The molecule has 0 aliphatic carbocycles. The molecule has 5 nitrogen and oxygen atoms in total. The van der Waals surface area contributed by atoms with Gasteiger partial charge in [-0.15, -0.1) is 0 Å². The highest BCUT2D eigenvalue weighted by Gasteiger charge is 2.18. The van der Waals surface area contributed by atoms with E-state index < -0.39 is 5.97 Å². The van der Waals surface area contributed by atoms with Crippen LogP contribution in [-0.4, -0.2) is 51.9 Å². The molecule has 0 saturated carbocycles. The Bertz CT molecular complexity index is 394. The highest BCUT2D eigenvalue weighted by molar-refractivity contribution is 7.99. The minimum absolute atomic E-state index is 0.0490. The zero-order chi connectivity index (χ0) is 14.4. The number of carbonyl (C=O) groups is 1. The van der Waals surface area contributed by atoms with Crippen LogP contribution in [0.25, 0.3) is 0 Å². The SMILES string of the molecule is CC(C)CC(CN(C)C)n1ccnc1SCC(=O)O. The van der Waals surface area contributed by atoms with Crippen LogP contribution >= 0.6 is 11.8 Å². The lowest BCUT2D eigenvalue weighted by atomic mass is 10.0. The standard InChI is InChI=1S/C13H23N3O2S/c1-10(2)7-11(8-15(3)4)16-6-5-14-13(16)19-9-12(17)18/h5-6,10-11H,7-9H2,1-4H3,(H,17,18). The van der Waals surface area contributed by atoms with Gasteiger partial charge in [-0.25, -0.2) is 4.98 Å². The number of thioether (sulfide) groups is 1. The molecule has 1 heterocycles. The number of nitrogens with zero attached hydrogens (tertiary/aromatic N) is 3. The molecule has 1 N–H and O–H groups in total. The molecule has 0 saturated heterocycles. The second-order valence-electron chi connectivity index (χ2n) is 5.35. The largest absolute Gasteiger partial charge is 0.481 e. The number of carboxylic acids is 1. The number of hydrogen-bond donors (Lipinski definition) is 1. The maximum atomic E-state index is 10.7. The maximum Gasteiger partial charge on any atom is 0.313 e. The summed E-state index contributed by atoms with van der Waals surface area (Å²) in [6, 6.07) is 0.328. The summed E-state index contributed by atoms with van der Waals surface area (Å²) in [6.07, 6.45) is 4.74. The monoisotopic (exact) mass is 285 g/mol. The van der Waals surface area contributed by atoms with Gasteiger partial charge < -0.3 is 14.6 Å². The Balaban J connectivity index is 2.82. The summed E-state index contributed by atoms with van der Waals surface area (Å²) in [5.74, 6) is -0.176. The van der Waals surface area contributed by atoms with E-state index in [-0.39, 0.29) is 5.75 Å². The third-order valence-electron chi connectivity index (χ3n) is 2.67. The molecule has 6 heteroatoms. The third kappa shape index (κ3) is 5.65. The molecule has 108 valence electrons. The van der Waals surface area contributed by atoms with Gasteiger partial charge in [0.05, 0.1) is 5.75 Å². The molecule has 19 heavy (non-hydrogen) atoms. The van der Waals surface area contributed by atoms with Gasteiger partial charge in [0, 0.05) is 25.0 Å². The van der Waals surface area contributed by atoms with Crippen LogP contribution in [0.2, 0.25) is 0 Å². The van der Waals surface area contributed by atoms with E-state index >= 15 is 0 Å². The molecule has 0 aromatic carbocycles. The van der Waals surface area contributed by atoms with Crippen molar-refractivity contribution >= 4 is 17.7 Å². The van der Waals surface area contributed by atoms with Crippen LogP contribution in [0.5, 0.6) is 0 Å². The molecule has 0 fully saturated rings. The molecule has 1 aromatic rings. The Kier molecular flexibility index (Phi) is 6.37. The van der Waals surface area contributed by atoms with Gasteiger partial charge in [0.25, 0.3) is 0 Å². The van der Waals surface area contributed by atoms with E-state index in [2.05, 4.69) is 28.3 Å². The van der Waals surface area contributed by atoms with Crippen molar-refractivity contribution in [1.82, 2.24) is 14.5 Å². The lowest BCUT2D eigenvalue weighted by Crippen LogP contribution is -2.26. The van der Waals surface area contributed by atoms with Crippen molar-refractivity contribution in [1.29, 1.82) is 0 Å². The fourth-order valence-corrected chi connectivity index (χ4v) is 2.80. The fourth-order valence-electron chi connectivity index (χ4n) is 2.06. The van der Waals surface area contributed by atoms with Gasteiger partial charge >= 0.3 is 5.97 Å². The molecular formula is C13H23N3O2S. The van der Waals surface area contributed by atoms with Crippen molar-refractivity contribution in [2.24, 2.45) is 5.92 Å². The van der Waals surface area contributed by atoms with E-state index in [4.69, 9.17) is 5.11 Å². The molecule has 1 aromatic heterocycles. The van der Waals surface area contributed by atoms with Crippen molar-refractivity contribution < 1.29 is 9.90 Å². The molecule has 1 atom stereocenters. The Hall–Kier alpha value is -1.01. The highest BCUT2D eigenvalue weighted by atomic mass is 32.2. The number of imidazole rings is 1. The highest BCUT2D eigenvalue weighted by Crippen LogP contribution is 2.25. The van der Waals surface area contributed by atoms with Gasteiger partial charge in [-0.2, -0.15) is 0 Å². The lowest BCUT2D eigenvalue weighted by molar-refractivity contribution is -0.133. The quantitative estimate of drug-likeness (QED) is 0.742. The summed E-state index contributed by atoms with van der Waals surface area (Å²) in [5.41, 5.74) is 0. The predicted molar refractivity (Wildman–Crippen MR) is 77.6 cm³/mol. The zero-order valence-corrected chi connectivity index (χ0v) is 12.9. The first kappa shape index (κ1) is 16.0. The van der Waals surface area contributed by atoms with Gasteiger partial charge in [0.1, 0.15) is 0 Å². The predicted octanol–water partition coefficient (Wildman–Crippen LogP) is 2.21. The van der Waals surface area contributed by atoms with Crippen molar-refractivity contribution in [2.75, 3.05) is 26.4 Å². The van der Waals surface area contributed by atoms with E-state index in [1.165, 1.54) is 11.8 Å². The molecule has 1 rings (SSSR count). The van der Waals surface area contributed by atoms with Gasteiger partial charge in [-0.05, 0) is 26.4 Å². The number of aromatic nitrogens is 2. The second-order valence-corrected chi connectivity index (χ2v) is 6.29. The van der Waals surface area contributed by atoms with E-state index in [0.717, 1.165) is 18.1 Å². The maximum absolute atomic E-state index is 10.7. The third-order valence-corrected chi connectivity index (χ3v) is 3.64. The Labute approximate surface area is 119 Å². The van der Waals surface area contributed by atoms with E-state index in [1.807, 2.05) is 20.3 Å². The minimum Gasteiger partial charge on any atom is -0.481 e. The van der Waals surface area contributed by atoms with Crippen LogP contribution in [-0.2, 0) is 4.79 Å². The number of carboxylic acid groups (broad SMARTS) is 1. The van der Waals surface area contributed by atoms with Crippen molar-refractivity contribution in [3.8, 4) is 0 Å². The summed E-state index contributed by atoms with van der Waals surface area (Å²) in [4.78, 5) is 17.1. The van der Waals surface area contributed by atoms with Crippen molar-refractivity contribution in [2.45, 2.75) is 31.5 Å². The van der Waals surface area contributed by atoms with Crippen LogP contribution in [0.15, 0.2) is 17.6 Å². The number of likely N-dealkylation sites (N-methyl/N-ethyl adjacent to an activating group) is 1. The van der Waals surface area contributed by atoms with E-state index in [9.17, 15) is 4.79 Å². The summed E-state index contributed by atoms with van der Waals surface area (Å²) in [5, 5.41) is 9.55. The molecule has 0 aliphatic heterocycles. The Morgan fingerprint density at radius 1 is 1.53 bits per heavy atom. The van der Waals surface area contributed by atoms with E-state index in [1.54, 1.807) is 6.20 Å². The average molecular weight is 285 g/mol. The van der Waals surface area contributed by atoms with Gasteiger partial charge in [0.2, 0.25) is 0 Å². The minimum atomic E-state index is -0.812. The van der Waals surface area contributed by atoms with Crippen LogP contribution < -0.4 is 0 Å². The fraction of sp³-hybridized carbons (Fsp3) is 0.692. The van der Waals surface area contributed by atoms with Crippen molar-refractivity contribution in [3.63, 3.8) is 0 Å². The van der Waals surface area contributed by atoms with Crippen LogP contribution in [0.4, 0.5) is 0 Å². The number of aliphatic carboxylic acids is 1.